The van der Waals surface area contributed by atoms with E-state index in [4.69, 9.17) is 4.74 Å². The summed E-state index contributed by atoms with van der Waals surface area (Å²) >= 11 is 1.68. The number of thiazole rings is 1. The molecule has 0 bridgehead atoms. The van der Waals surface area contributed by atoms with Crippen LogP contribution in [0.3, 0.4) is 0 Å². The molecule has 0 radical (unpaired) electrons. The molecular formula is C14H19N5OS. The predicted molar refractivity (Wildman–Crippen MR) is 84.0 cm³/mol. The van der Waals surface area contributed by atoms with E-state index in [0.29, 0.717) is 0 Å². The number of morpholine rings is 1. The Morgan fingerprint density at radius 1 is 1.48 bits per heavy atom. The van der Waals surface area contributed by atoms with Crippen LogP contribution >= 0.6 is 11.3 Å². The number of aromatic nitrogens is 3. The average Bonchev–Trinajstić information content (AvgIpc) is 3.08. The summed E-state index contributed by atoms with van der Waals surface area (Å²) in [5, 5.41) is 11.2. The Hall–Kier alpha value is -1.73. The largest absolute Gasteiger partial charge is 0.373 e. The SMILES string of the molecule is CCN(CC1CN(c2nccs2)CCO1)c1cccnn1. The predicted octanol–water partition coefficient (Wildman–Crippen LogP) is 1.66. The van der Waals surface area contributed by atoms with Gasteiger partial charge in [-0.05, 0) is 19.1 Å². The molecule has 1 aliphatic heterocycles. The molecule has 6 nitrogen and oxygen atoms in total. The molecule has 0 aliphatic carbocycles. The second-order valence-electron chi connectivity index (χ2n) is 4.87. The van der Waals surface area contributed by atoms with E-state index >= 15 is 0 Å². The molecule has 112 valence electrons. The van der Waals surface area contributed by atoms with Crippen LogP contribution in [0.1, 0.15) is 6.92 Å². The van der Waals surface area contributed by atoms with Gasteiger partial charge in [0.15, 0.2) is 10.9 Å². The van der Waals surface area contributed by atoms with E-state index in [9.17, 15) is 0 Å². The van der Waals surface area contributed by atoms with Crippen LogP contribution in [0.25, 0.3) is 0 Å². The van der Waals surface area contributed by atoms with Gasteiger partial charge in [0.25, 0.3) is 0 Å². The molecule has 2 aromatic rings. The molecule has 21 heavy (non-hydrogen) atoms. The van der Waals surface area contributed by atoms with Crippen molar-refractivity contribution < 1.29 is 4.74 Å². The van der Waals surface area contributed by atoms with Crippen LogP contribution in [0.2, 0.25) is 0 Å². The third kappa shape index (κ3) is 3.48. The van der Waals surface area contributed by atoms with Crippen LogP contribution in [0, 0.1) is 0 Å². The summed E-state index contributed by atoms with van der Waals surface area (Å²) in [5.74, 6) is 0.898. The van der Waals surface area contributed by atoms with E-state index in [-0.39, 0.29) is 6.10 Å². The van der Waals surface area contributed by atoms with Gasteiger partial charge in [0.2, 0.25) is 0 Å². The number of ether oxygens (including phenoxy) is 1. The van der Waals surface area contributed by atoms with Crippen molar-refractivity contribution in [3.63, 3.8) is 0 Å². The van der Waals surface area contributed by atoms with Gasteiger partial charge in [-0.1, -0.05) is 0 Å². The van der Waals surface area contributed by atoms with Crippen molar-refractivity contribution >= 4 is 22.3 Å². The summed E-state index contributed by atoms with van der Waals surface area (Å²) in [5.41, 5.74) is 0. The zero-order chi connectivity index (χ0) is 14.5. The van der Waals surface area contributed by atoms with E-state index in [1.54, 1.807) is 17.5 Å². The number of likely N-dealkylation sites (N-methyl/N-ethyl adjacent to an activating group) is 1. The number of hydrogen-bond donors (Lipinski definition) is 0. The van der Waals surface area contributed by atoms with E-state index < -0.39 is 0 Å². The van der Waals surface area contributed by atoms with Gasteiger partial charge in [-0.3, -0.25) is 0 Å². The van der Waals surface area contributed by atoms with E-state index in [0.717, 1.165) is 43.7 Å². The number of nitrogens with zero attached hydrogens (tertiary/aromatic N) is 5. The summed E-state index contributed by atoms with van der Waals surface area (Å²) in [6.45, 7) is 6.33. The molecule has 3 rings (SSSR count). The van der Waals surface area contributed by atoms with Gasteiger partial charge in [0.1, 0.15) is 0 Å². The highest BCUT2D eigenvalue weighted by Gasteiger charge is 2.24. The third-order valence-electron chi connectivity index (χ3n) is 3.52. The normalized spacial score (nSPS) is 18.7. The van der Waals surface area contributed by atoms with Crippen LogP contribution in [-0.4, -0.2) is 54.1 Å². The second kappa shape index (κ2) is 6.82. The zero-order valence-electron chi connectivity index (χ0n) is 12.1. The quantitative estimate of drug-likeness (QED) is 0.837. The van der Waals surface area contributed by atoms with E-state index in [1.807, 2.05) is 23.7 Å². The van der Waals surface area contributed by atoms with Gasteiger partial charge in [-0.2, -0.15) is 5.10 Å². The molecule has 1 aliphatic rings. The Balaban J connectivity index is 1.63. The maximum Gasteiger partial charge on any atom is 0.185 e. The topological polar surface area (TPSA) is 54.4 Å². The molecular weight excluding hydrogens is 286 g/mol. The summed E-state index contributed by atoms with van der Waals surface area (Å²) in [7, 11) is 0. The van der Waals surface area contributed by atoms with Crippen molar-refractivity contribution in [3.8, 4) is 0 Å². The Bertz CT molecular complexity index is 536. The molecule has 3 heterocycles. The molecule has 1 unspecified atom stereocenters. The lowest BCUT2D eigenvalue weighted by Crippen LogP contribution is -2.48. The molecule has 0 N–H and O–H groups in total. The maximum absolute atomic E-state index is 5.91. The minimum atomic E-state index is 0.157. The highest BCUT2D eigenvalue weighted by Crippen LogP contribution is 2.21. The first-order chi connectivity index (χ1) is 10.4. The fourth-order valence-corrected chi connectivity index (χ4v) is 3.15. The molecule has 7 heteroatoms. The highest BCUT2D eigenvalue weighted by atomic mass is 32.1. The zero-order valence-corrected chi connectivity index (χ0v) is 12.9. The second-order valence-corrected chi connectivity index (χ2v) is 5.75. The minimum Gasteiger partial charge on any atom is -0.373 e. The van der Waals surface area contributed by atoms with Crippen molar-refractivity contribution in [1.82, 2.24) is 15.2 Å². The Morgan fingerprint density at radius 3 is 3.14 bits per heavy atom. The first kappa shape index (κ1) is 14.2. The lowest BCUT2D eigenvalue weighted by molar-refractivity contribution is 0.0452. The minimum absolute atomic E-state index is 0.157. The highest BCUT2D eigenvalue weighted by molar-refractivity contribution is 7.13. The molecule has 1 saturated heterocycles. The van der Waals surface area contributed by atoms with E-state index in [2.05, 4.69) is 31.9 Å². The first-order valence-electron chi connectivity index (χ1n) is 7.15. The summed E-state index contributed by atoms with van der Waals surface area (Å²) in [6.07, 6.45) is 3.70. The van der Waals surface area contributed by atoms with Crippen molar-refractivity contribution in [1.29, 1.82) is 0 Å². The standard InChI is InChI=1S/C14H19N5OS/c1-2-18(13-4-3-5-16-17-13)10-12-11-19(7-8-20-12)14-15-6-9-21-14/h3-6,9,12H,2,7-8,10-11H2,1H3. The monoisotopic (exact) mass is 305 g/mol. The molecule has 2 aromatic heterocycles. The van der Waals surface area contributed by atoms with Crippen molar-refractivity contribution in [2.45, 2.75) is 13.0 Å². The van der Waals surface area contributed by atoms with Gasteiger partial charge in [0, 0.05) is 44.0 Å². The van der Waals surface area contributed by atoms with Crippen LogP contribution < -0.4 is 9.80 Å². The van der Waals surface area contributed by atoms with E-state index in [1.165, 1.54) is 0 Å². The van der Waals surface area contributed by atoms with Gasteiger partial charge >= 0.3 is 0 Å². The Morgan fingerprint density at radius 2 is 2.43 bits per heavy atom. The Kier molecular flexibility index (Phi) is 4.62. The number of anilines is 2. The van der Waals surface area contributed by atoms with Gasteiger partial charge in [-0.25, -0.2) is 4.98 Å². The fraction of sp³-hybridized carbons (Fsp3) is 0.500. The molecule has 0 amide bonds. The number of hydrogen-bond acceptors (Lipinski definition) is 7. The molecule has 0 saturated carbocycles. The van der Waals surface area contributed by atoms with Crippen molar-refractivity contribution in [2.24, 2.45) is 0 Å². The van der Waals surface area contributed by atoms with Gasteiger partial charge in [0.05, 0.1) is 12.7 Å². The summed E-state index contributed by atoms with van der Waals surface area (Å²) in [6, 6.07) is 3.90. The summed E-state index contributed by atoms with van der Waals surface area (Å²) in [4.78, 5) is 8.88. The Labute approximate surface area is 128 Å². The molecule has 1 atom stereocenters. The van der Waals surface area contributed by atoms with Crippen LogP contribution in [0.4, 0.5) is 10.9 Å². The average molecular weight is 305 g/mol. The van der Waals surface area contributed by atoms with Crippen molar-refractivity contribution in [3.05, 3.63) is 29.9 Å². The third-order valence-corrected chi connectivity index (χ3v) is 4.35. The van der Waals surface area contributed by atoms with Gasteiger partial charge < -0.3 is 14.5 Å². The van der Waals surface area contributed by atoms with Crippen LogP contribution in [0.5, 0.6) is 0 Å². The maximum atomic E-state index is 5.91. The lowest BCUT2D eigenvalue weighted by atomic mass is 10.2. The molecule has 0 spiro atoms. The fourth-order valence-electron chi connectivity index (χ4n) is 2.47. The van der Waals surface area contributed by atoms with Crippen LogP contribution in [-0.2, 0) is 4.74 Å². The van der Waals surface area contributed by atoms with Crippen molar-refractivity contribution in [2.75, 3.05) is 42.6 Å². The van der Waals surface area contributed by atoms with Gasteiger partial charge in [-0.15, -0.1) is 16.4 Å². The smallest absolute Gasteiger partial charge is 0.185 e. The van der Waals surface area contributed by atoms with Crippen LogP contribution in [0.15, 0.2) is 29.9 Å². The first-order valence-corrected chi connectivity index (χ1v) is 8.03. The number of rotatable bonds is 5. The lowest BCUT2D eigenvalue weighted by Gasteiger charge is -2.35. The molecule has 1 fully saturated rings. The molecule has 0 aromatic carbocycles. The summed E-state index contributed by atoms with van der Waals surface area (Å²) < 4.78 is 5.91.